The molecule has 0 unspecified atom stereocenters. The summed E-state index contributed by atoms with van der Waals surface area (Å²) in [6, 6.07) is 13.3. The van der Waals surface area contributed by atoms with E-state index in [4.69, 9.17) is 0 Å². The average Bonchev–Trinajstić information content (AvgIpc) is 2.78. The molecule has 2 rings (SSSR count). The van der Waals surface area contributed by atoms with Gasteiger partial charge in [-0.1, -0.05) is 81.7 Å². The summed E-state index contributed by atoms with van der Waals surface area (Å²) < 4.78 is 1.60. The highest BCUT2D eigenvalue weighted by molar-refractivity contribution is 5.73. The zero-order valence-electron chi connectivity index (χ0n) is 18.2. The van der Waals surface area contributed by atoms with Crippen molar-refractivity contribution in [3.8, 4) is 11.3 Å². The molecule has 0 atom stereocenters. The highest BCUT2D eigenvalue weighted by Gasteiger charge is 2.03. The fourth-order valence-electron chi connectivity index (χ4n) is 3.46. The summed E-state index contributed by atoms with van der Waals surface area (Å²) in [5, 5.41) is 9.89. The van der Waals surface area contributed by atoms with Crippen molar-refractivity contribution in [2.75, 3.05) is 13.6 Å². The zero-order chi connectivity index (χ0) is 21.4. The van der Waals surface area contributed by atoms with Crippen LogP contribution in [0.2, 0.25) is 0 Å². The smallest absolute Gasteiger partial charge is 0.314 e. The predicted octanol–water partition coefficient (Wildman–Crippen LogP) is 4.74. The third-order valence-corrected chi connectivity index (χ3v) is 5.25. The molecule has 0 saturated heterocycles. The number of benzene rings is 1. The second kappa shape index (κ2) is 14.4. The number of aryl methyl sites for hydroxylation is 1. The van der Waals surface area contributed by atoms with E-state index < -0.39 is 0 Å². The van der Waals surface area contributed by atoms with Crippen molar-refractivity contribution in [3.63, 3.8) is 0 Å². The zero-order valence-corrected chi connectivity index (χ0v) is 18.2. The number of nitrogens with zero attached hydrogens (tertiary/aromatic N) is 2. The van der Waals surface area contributed by atoms with Crippen LogP contribution in [0.5, 0.6) is 0 Å². The van der Waals surface area contributed by atoms with Crippen molar-refractivity contribution in [3.05, 3.63) is 52.8 Å². The van der Waals surface area contributed by atoms with E-state index in [2.05, 4.69) is 15.7 Å². The lowest BCUT2D eigenvalue weighted by Crippen LogP contribution is -2.33. The second-order valence-electron chi connectivity index (χ2n) is 7.69. The Hall–Kier alpha value is -2.63. The van der Waals surface area contributed by atoms with Gasteiger partial charge in [0.15, 0.2) is 0 Å². The monoisotopic (exact) mass is 412 g/mol. The van der Waals surface area contributed by atoms with Crippen LogP contribution in [-0.4, -0.2) is 29.4 Å². The minimum absolute atomic E-state index is 0.0276. The van der Waals surface area contributed by atoms with Gasteiger partial charge in [-0.3, -0.25) is 4.79 Å². The van der Waals surface area contributed by atoms with E-state index in [9.17, 15) is 9.59 Å². The minimum atomic E-state index is -0.0976. The summed E-state index contributed by atoms with van der Waals surface area (Å²) in [4.78, 5) is 23.1. The van der Waals surface area contributed by atoms with Gasteiger partial charge in [-0.25, -0.2) is 9.48 Å². The lowest BCUT2D eigenvalue weighted by molar-refractivity contribution is 0.242. The maximum Gasteiger partial charge on any atom is 0.314 e. The Bertz CT molecular complexity index is 789. The molecule has 2 aromatic rings. The molecule has 1 aromatic carbocycles. The van der Waals surface area contributed by atoms with Gasteiger partial charge >= 0.3 is 6.03 Å². The molecule has 0 aliphatic heterocycles. The topological polar surface area (TPSA) is 76.0 Å². The van der Waals surface area contributed by atoms with Crippen LogP contribution < -0.4 is 16.2 Å². The molecule has 0 saturated carbocycles. The number of unbranched alkanes of at least 4 members (excludes halogenated alkanes) is 9. The number of rotatable bonds is 14. The van der Waals surface area contributed by atoms with Gasteiger partial charge < -0.3 is 10.6 Å². The van der Waals surface area contributed by atoms with E-state index in [-0.39, 0.29) is 11.6 Å². The Balaban J connectivity index is 1.50. The first-order valence-corrected chi connectivity index (χ1v) is 11.3. The molecule has 0 fully saturated rings. The van der Waals surface area contributed by atoms with Crippen LogP contribution in [0.4, 0.5) is 4.79 Å². The molecule has 164 valence electrons. The molecular weight excluding hydrogens is 376 g/mol. The molecule has 1 aromatic heterocycles. The minimum Gasteiger partial charge on any atom is -0.341 e. The van der Waals surface area contributed by atoms with Gasteiger partial charge in [-0.15, -0.1) is 0 Å². The molecular formula is C24H36N4O2. The Kier molecular flexibility index (Phi) is 11.3. The van der Waals surface area contributed by atoms with Gasteiger partial charge in [0.05, 0.1) is 5.69 Å². The molecule has 0 spiro atoms. The third-order valence-electron chi connectivity index (χ3n) is 5.25. The predicted molar refractivity (Wildman–Crippen MR) is 123 cm³/mol. The SMILES string of the molecule is CNC(=O)NCCCCCCCCCCCCn1nc(-c2ccccc2)ccc1=O. The van der Waals surface area contributed by atoms with Gasteiger partial charge in [-0.2, -0.15) is 5.10 Å². The van der Waals surface area contributed by atoms with Crippen LogP contribution in [-0.2, 0) is 6.54 Å². The number of hydrogen-bond acceptors (Lipinski definition) is 3. The van der Waals surface area contributed by atoms with Gasteiger partial charge in [-0.05, 0) is 18.9 Å². The number of hydrogen-bond donors (Lipinski definition) is 2. The van der Waals surface area contributed by atoms with E-state index in [0.717, 1.165) is 37.1 Å². The normalized spacial score (nSPS) is 10.7. The first-order valence-electron chi connectivity index (χ1n) is 11.3. The van der Waals surface area contributed by atoms with Gasteiger partial charge in [0.2, 0.25) is 0 Å². The molecule has 0 radical (unpaired) electrons. The second-order valence-corrected chi connectivity index (χ2v) is 7.69. The molecule has 1 heterocycles. The number of aromatic nitrogens is 2. The van der Waals surface area contributed by atoms with E-state index in [0.29, 0.717) is 6.54 Å². The standard InChI is InChI=1S/C24H36N4O2/c1-25-24(30)26-19-13-8-6-4-2-3-5-7-9-14-20-28-23(29)18-17-22(27-28)21-15-11-10-12-16-21/h10-12,15-18H,2-9,13-14,19-20H2,1H3,(H2,25,26,30). The van der Waals surface area contributed by atoms with Crippen LogP contribution in [0.25, 0.3) is 11.3 Å². The van der Waals surface area contributed by atoms with E-state index >= 15 is 0 Å². The quantitative estimate of drug-likeness (QED) is 0.440. The van der Waals surface area contributed by atoms with Crippen molar-refractivity contribution < 1.29 is 4.79 Å². The van der Waals surface area contributed by atoms with Crippen molar-refractivity contribution in [1.29, 1.82) is 0 Å². The van der Waals surface area contributed by atoms with Crippen molar-refractivity contribution in [1.82, 2.24) is 20.4 Å². The van der Waals surface area contributed by atoms with E-state index in [1.165, 1.54) is 44.9 Å². The first kappa shape index (κ1) is 23.6. The van der Waals surface area contributed by atoms with Gasteiger partial charge in [0.1, 0.15) is 0 Å². The fraction of sp³-hybridized carbons (Fsp3) is 0.542. The Morgan fingerprint density at radius 3 is 2.07 bits per heavy atom. The molecule has 30 heavy (non-hydrogen) atoms. The molecule has 0 aliphatic carbocycles. The Labute approximate surface area is 180 Å². The average molecular weight is 413 g/mol. The van der Waals surface area contributed by atoms with Crippen molar-refractivity contribution in [2.45, 2.75) is 70.8 Å². The summed E-state index contributed by atoms with van der Waals surface area (Å²) in [6.07, 6.45) is 11.9. The lowest BCUT2D eigenvalue weighted by atomic mass is 10.1. The maximum absolute atomic E-state index is 12.1. The number of carbonyl (C=O) groups excluding carboxylic acids is 1. The van der Waals surface area contributed by atoms with Crippen LogP contribution in [0, 0.1) is 0 Å². The Morgan fingerprint density at radius 2 is 1.43 bits per heavy atom. The van der Waals surface area contributed by atoms with Crippen LogP contribution in [0.3, 0.4) is 0 Å². The highest BCUT2D eigenvalue weighted by atomic mass is 16.2. The Morgan fingerprint density at radius 1 is 0.833 bits per heavy atom. The molecule has 6 nitrogen and oxygen atoms in total. The number of nitrogens with one attached hydrogen (secondary N) is 2. The summed E-state index contributed by atoms with van der Waals surface area (Å²) in [5.41, 5.74) is 1.86. The van der Waals surface area contributed by atoms with Gasteiger partial charge in [0, 0.05) is 31.8 Å². The van der Waals surface area contributed by atoms with Crippen molar-refractivity contribution in [2.24, 2.45) is 0 Å². The third kappa shape index (κ3) is 9.25. The molecule has 2 N–H and O–H groups in total. The number of urea groups is 1. The number of carbonyl (C=O) groups is 1. The largest absolute Gasteiger partial charge is 0.341 e. The summed E-state index contributed by atoms with van der Waals surface area (Å²) in [7, 11) is 1.63. The van der Waals surface area contributed by atoms with Crippen LogP contribution >= 0.6 is 0 Å². The molecule has 2 amide bonds. The molecule has 0 aliphatic rings. The lowest BCUT2D eigenvalue weighted by Gasteiger charge is -2.07. The first-order chi connectivity index (χ1) is 14.7. The number of amides is 2. The van der Waals surface area contributed by atoms with Crippen LogP contribution in [0.15, 0.2) is 47.3 Å². The van der Waals surface area contributed by atoms with E-state index in [1.807, 2.05) is 30.3 Å². The molecule has 6 heteroatoms. The maximum atomic E-state index is 12.1. The molecule has 0 bridgehead atoms. The highest BCUT2D eigenvalue weighted by Crippen LogP contribution is 2.14. The summed E-state index contributed by atoms with van der Waals surface area (Å²) >= 11 is 0. The van der Waals surface area contributed by atoms with E-state index in [1.54, 1.807) is 23.9 Å². The summed E-state index contributed by atoms with van der Waals surface area (Å²) in [5.74, 6) is 0. The van der Waals surface area contributed by atoms with Gasteiger partial charge in [0.25, 0.3) is 5.56 Å². The summed E-state index contributed by atoms with van der Waals surface area (Å²) in [6.45, 7) is 1.44. The van der Waals surface area contributed by atoms with Crippen molar-refractivity contribution >= 4 is 6.03 Å². The van der Waals surface area contributed by atoms with Crippen LogP contribution in [0.1, 0.15) is 64.2 Å². The fourth-order valence-corrected chi connectivity index (χ4v) is 3.46.